The molecular formula is C15H28N2O3. The van der Waals surface area contributed by atoms with E-state index >= 15 is 0 Å². The van der Waals surface area contributed by atoms with Gasteiger partial charge in [-0.1, -0.05) is 32.1 Å². The fraction of sp³-hybridized carbons (Fsp3) is 0.933. The Hall–Kier alpha value is -0.810. The molecule has 5 nitrogen and oxygen atoms in total. The van der Waals surface area contributed by atoms with E-state index < -0.39 is 0 Å². The maximum Gasteiger partial charge on any atom is 0.314 e. The van der Waals surface area contributed by atoms with Crippen LogP contribution in [0.5, 0.6) is 0 Å². The lowest BCUT2D eigenvalue weighted by atomic mass is 9.91. The first-order chi connectivity index (χ1) is 9.84. The van der Waals surface area contributed by atoms with Gasteiger partial charge in [-0.3, -0.25) is 0 Å². The molecule has 1 saturated carbocycles. The molecule has 2 N–H and O–H groups in total. The first-order valence-electron chi connectivity index (χ1n) is 8.05. The molecule has 2 fully saturated rings. The van der Waals surface area contributed by atoms with E-state index in [0.29, 0.717) is 32.3 Å². The van der Waals surface area contributed by atoms with Gasteiger partial charge in [0.05, 0.1) is 25.9 Å². The van der Waals surface area contributed by atoms with Gasteiger partial charge in [-0.25, -0.2) is 4.79 Å². The Kier molecular flexibility index (Phi) is 7.15. The van der Waals surface area contributed by atoms with Gasteiger partial charge in [0.25, 0.3) is 0 Å². The molecule has 0 radical (unpaired) electrons. The van der Waals surface area contributed by atoms with Crippen LogP contribution in [0.4, 0.5) is 4.79 Å². The number of urea groups is 1. The average molecular weight is 284 g/mol. The summed E-state index contributed by atoms with van der Waals surface area (Å²) in [7, 11) is 0. The Bertz CT molecular complexity index is 272. The topological polar surface area (TPSA) is 59.6 Å². The summed E-state index contributed by atoms with van der Waals surface area (Å²) in [4.78, 5) is 11.8. The van der Waals surface area contributed by atoms with Crippen LogP contribution < -0.4 is 10.6 Å². The van der Waals surface area contributed by atoms with Gasteiger partial charge in [-0.2, -0.15) is 0 Å². The second kappa shape index (κ2) is 9.19. The Morgan fingerprint density at radius 1 is 0.950 bits per heavy atom. The smallest absolute Gasteiger partial charge is 0.314 e. The van der Waals surface area contributed by atoms with Gasteiger partial charge in [0, 0.05) is 13.1 Å². The summed E-state index contributed by atoms with van der Waals surface area (Å²) in [6, 6.07) is -0.0822. The molecular weight excluding hydrogens is 256 g/mol. The third kappa shape index (κ3) is 6.09. The second-order valence-corrected chi connectivity index (χ2v) is 5.87. The van der Waals surface area contributed by atoms with Gasteiger partial charge in [-0.05, 0) is 18.8 Å². The Morgan fingerprint density at radius 3 is 2.35 bits per heavy atom. The van der Waals surface area contributed by atoms with Gasteiger partial charge in [0.1, 0.15) is 0 Å². The van der Waals surface area contributed by atoms with Crippen molar-refractivity contribution >= 4 is 6.03 Å². The number of nitrogens with one attached hydrogen (secondary N) is 2. The third-order valence-electron chi connectivity index (χ3n) is 4.15. The van der Waals surface area contributed by atoms with Crippen molar-refractivity contribution < 1.29 is 14.3 Å². The van der Waals surface area contributed by atoms with Crippen molar-refractivity contribution in [2.24, 2.45) is 5.92 Å². The minimum atomic E-state index is -0.0822. The van der Waals surface area contributed by atoms with Crippen molar-refractivity contribution in [3.63, 3.8) is 0 Å². The third-order valence-corrected chi connectivity index (χ3v) is 4.15. The van der Waals surface area contributed by atoms with E-state index in [0.717, 1.165) is 6.54 Å². The molecule has 1 saturated heterocycles. The second-order valence-electron chi connectivity index (χ2n) is 5.87. The zero-order valence-corrected chi connectivity index (χ0v) is 12.4. The summed E-state index contributed by atoms with van der Waals surface area (Å²) in [5.41, 5.74) is 0. The van der Waals surface area contributed by atoms with Gasteiger partial charge < -0.3 is 20.1 Å². The van der Waals surface area contributed by atoms with Crippen molar-refractivity contribution in [3.05, 3.63) is 0 Å². The molecule has 0 aromatic rings. The summed E-state index contributed by atoms with van der Waals surface area (Å²) in [5.74, 6) is 0.648. The minimum Gasteiger partial charge on any atom is -0.376 e. The molecule has 1 aliphatic heterocycles. The number of ether oxygens (including phenoxy) is 2. The molecule has 1 aliphatic carbocycles. The highest BCUT2D eigenvalue weighted by Crippen LogP contribution is 2.21. The molecule has 20 heavy (non-hydrogen) atoms. The maximum absolute atomic E-state index is 11.8. The summed E-state index contributed by atoms with van der Waals surface area (Å²) in [6.45, 7) is 3.17. The fourth-order valence-electron chi connectivity index (χ4n) is 2.91. The van der Waals surface area contributed by atoms with Crippen LogP contribution in [0.2, 0.25) is 0 Å². The summed E-state index contributed by atoms with van der Waals surface area (Å²) in [5, 5.41) is 5.86. The van der Waals surface area contributed by atoms with E-state index in [1.54, 1.807) is 0 Å². The number of carbonyl (C=O) groups is 1. The van der Waals surface area contributed by atoms with E-state index in [-0.39, 0.29) is 12.1 Å². The minimum absolute atomic E-state index is 0.00380. The van der Waals surface area contributed by atoms with E-state index in [2.05, 4.69) is 10.6 Å². The molecule has 0 bridgehead atoms. The first kappa shape index (κ1) is 15.6. The van der Waals surface area contributed by atoms with Gasteiger partial charge in [0.15, 0.2) is 0 Å². The normalized spacial score (nSPS) is 25.5. The zero-order valence-electron chi connectivity index (χ0n) is 12.4. The molecule has 2 amide bonds. The number of amides is 2. The molecule has 0 aromatic heterocycles. The highest BCUT2D eigenvalue weighted by Gasteiger charge is 2.16. The summed E-state index contributed by atoms with van der Waals surface area (Å²) >= 11 is 0. The van der Waals surface area contributed by atoms with Crippen LogP contribution in [0.15, 0.2) is 0 Å². The van der Waals surface area contributed by atoms with Gasteiger partial charge in [0.2, 0.25) is 0 Å². The van der Waals surface area contributed by atoms with Crippen LogP contribution >= 0.6 is 0 Å². The summed E-state index contributed by atoms with van der Waals surface area (Å²) in [6.07, 6.45) is 9.19. The van der Waals surface area contributed by atoms with E-state index in [9.17, 15) is 4.79 Å². The molecule has 2 aliphatic rings. The molecule has 5 heteroatoms. The van der Waals surface area contributed by atoms with Gasteiger partial charge >= 0.3 is 6.03 Å². The van der Waals surface area contributed by atoms with E-state index in [1.165, 1.54) is 44.9 Å². The first-order valence-corrected chi connectivity index (χ1v) is 8.05. The fourth-order valence-corrected chi connectivity index (χ4v) is 2.91. The number of carbonyl (C=O) groups excluding carboxylic acids is 1. The van der Waals surface area contributed by atoms with Crippen LogP contribution in [0.1, 0.15) is 44.9 Å². The largest absolute Gasteiger partial charge is 0.376 e. The molecule has 0 unspecified atom stereocenters. The lowest BCUT2D eigenvalue weighted by Gasteiger charge is -2.24. The van der Waals surface area contributed by atoms with Crippen molar-refractivity contribution in [2.45, 2.75) is 51.0 Å². The van der Waals surface area contributed by atoms with Crippen LogP contribution in [-0.2, 0) is 9.47 Å². The van der Waals surface area contributed by atoms with E-state index in [4.69, 9.17) is 9.47 Å². The molecule has 1 heterocycles. The number of rotatable bonds is 4. The Balaban J connectivity index is 1.56. The maximum atomic E-state index is 11.8. The molecule has 116 valence electrons. The zero-order chi connectivity index (χ0) is 14.0. The predicted molar refractivity (Wildman–Crippen MR) is 77.8 cm³/mol. The predicted octanol–water partition coefficient (Wildman–Crippen LogP) is 2.06. The average Bonchev–Trinajstić information content (AvgIpc) is 2.45. The van der Waals surface area contributed by atoms with E-state index in [1.807, 2.05) is 0 Å². The molecule has 0 spiro atoms. The van der Waals surface area contributed by atoms with Crippen LogP contribution in [0, 0.1) is 5.92 Å². The number of hydrogen-bond donors (Lipinski definition) is 2. The highest BCUT2D eigenvalue weighted by molar-refractivity contribution is 5.73. The lowest BCUT2D eigenvalue weighted by molar-refractivity contribution is -0.0853. The lowest BCUT2D eigenvalue weighted by Crippen LogP contribution is -2.44. The quantitative estimate of drug-likeness (QED) is 0.831. The van der Waals surface area contributed by atoms with Crippen LogP contribution in [-0.4, -0.2) is 45.0 Å². The van der Waals surface area contributed by atoms with Crippen molar-refractivity contribution in [2.75, 3.05) is 32.9 Å². The van der Waals surface area contributed by atoms with Crippen molar-refractivity contribution in [1.29, 1.82) is 0 Å². The summed E-state index contributed by atoms with van der Waals surface area (Å²) < 4.78 is 10.8. The molecule has 2 rings (SSSR count). The molecule has 0 aromatic carbocycles. The van der Waals surface area contributed by atoms with Crippen molar-refractivity contribution in [1.82, 2.24) is 10.6 Å². The Morgan fingerprint density at radius 2 is 1.65 bits per heavy atom. The Labute approximate surface area is 121 Å². The van der Waals surface area contributed by atoms with Crippen molar-refractivity contribution in [3.8, 4) is 0 Å². The van der Waals surface area contributed by atoms with Crippen LogP contribution in [0.25, 0.3) is 0 Å². The SMILES string of the molecule is O=C(NCC1CCCCCCC1)NC[C@H]1COCCO1. The highest BCUT2D eigenvalue weighted by atomic mass is 16.6. The monoisotopic (exact) mass is 284 g/mol. The number of hydrogen-bond acceptors (Lipinski definition) is 3. The van der Waals surface area contributed by atoms with Gasteiger partial charge in [-0.15, -0.1) is 0 Å². The standard InChI is InChI=1S/C15H28N2O3/c18-15(17-11-14-12-19-8-9-20-14)16-10-13-6-4-2-1-3-5-7-13/h13-14H,1-12H2,(H2,16,17,18)/t14-/m0/s1. The molecule has 1 atom stereocenters. The van der Waals surface area contributed by atoms with Crippen LogP contribution in [0.3, 0.4) is 0 Å².